The molecule has 0 saturated heterocycles. The van der Waals surface area contributed by atoms with Crippen molar-refractivity contribution < 1.29 is 4.39 Å². The zero-order chi connectivity index (χ0) is 14.1. The molecule has 104 valence electrons. The lowest BCUT2D eigenvalue weighted by Crippen LogP contribution is -2.05. The molecule has 20 heavy (non-hydrogen) atoms. The number of hydrogen-bond donors (Lipinski definition) is 0. The van der Waals surface area contributed by atoms with E-state index in [1.54, 1.807) is 17.4 Å². The summed E-state index contributed by atoms with van der Waals surface area (Å²) in [7, 11) is 0. The Bertz CT molecular complexity index is 750. The van der Waals surface area contributed by atoms with Crippen molar-refractivity contribution in [1.29, 1.82) is 0 Å². The highest BCUT2D eigenvalue weighted by Crippen LogP contribution is 2.20. The van der Waals surface area contributed by atoms with E-state index in [9.17, 15) is 4.39 Å². The van der Waals surface area contributed by atoms with Crippen molar-refractivity contribution in [2.24, 2.45) is 0 Å². The molecule has 3 aromatic rings. The van der Waals surface area contributed by atoms with Crippen LogP contribution in [0.4, 0.5) is 4.39 Å². The number of aromatic nitrogens is 3. The molecule has 0 aliphatic carbocycles. The first-order valence-corrected chi connectivity index (χ1v) is 7.70. The Labute approximate surface area is 125 Å². The van der Waals surface area contributed by atoms with Crippen molar-refractivity contribution in [2.45, 2.75) is 25.8 Å². The lowest BCUT2D eigenvalue weighted by atomic mass is 10.3. The minimum atomic E-state index is -0.260. The van der Waals surface area contributed by atoms with Gasteiger partial charge in [-0.05, 0) is 25.1 Å². The largest absolute Gasteiger partial charge is 0.326 e. The van der Waals surface area contributed by atoms with E-state index in [1.807, 2.05) is 11.5 Å². The van der Waals surface area contributed by atoms with Crippen molar-refractivity contribution in [3.63, 3.8) is 0 Å². The fourth-order valence-electron chi connectivity index (χ4n) is 2.25. The molecule has 0 saturated carbocycles. The summed E-state index contributed by atoms with van der Waals surface area (Å²) < 4.78 is 15.4. The molecule has 0 N–H and O–H groups in total. The van der Waals surface area contributed by atoms with Crippen LogP contribution in [0.25, 0.3) is 11.0 Å². The zero-order valence-corrected chi connectivity index (χ0v) is 12.5. The van der Waals surface area contributed by atoms with Crippen molar-refractivity contribution in [3.8, 4) is 0 Å². The molecule has 0 atom stereocenters. The predicted molar refractivity (Wildman–Crippen MR) is 79.8 cm³/mol. The molecule has 0 amide bonds. The Kier molecular flexibility index (Phi) is 3.72. The first-order valence-electron chi connectivity index (χ1n) is 6.29. The Morgan fingerprint density at radius 1 is 1.35 bits per heavy atom. The van der Waals surface area contributed by atoms with E-state index in [2.05, 4.69) is 15.3 Å². The second-order valence-corrected chi connectivity index (χ2v) is 5.88. The Hall–Kier alpha value is -1.46. The topological polar surface area (TPSA) is 30.7 Å². The Morgan fingerprint density at radius 2 is 2.20 bits per heavy atom. The van der Waals surface area contributed by atoms with Crippen LogP contribution in [0.3, 0.4) is 0 Å². The summed E-state index contributed by atoms with van der Waals surface area (Å²) in [5.74, 6) is 0.815. The quantitative estimate of drug-likeness (QED) is 0.684. The number of hydrogen-bond acceptors (Lipinski definition) is 3. The van der Waals surface area contributed by atoms with E-state index in [0.717, 1.165) is 34.0 Å². The summed E-state index contributed by atoms with van der Waals surface area (Å²) in [5.41, 5.74) is 2.61. The predicted octanol–water partition coefficient (Wildman–Crippen LogP) is 3.92. The maximum atomic E-state index is 13.4. The van der Waals surface area contributed by atoms with Crippen LogP contribution >= 0.6 is 22.9 Å². The number of benzene rings is 1. The fourth-order valence-corrected chi connectivity index (χ4v) is 3.10. The highest BCUT2D eigenvalue weighted by atomic mass is 35.5. The van der Waals surface area contributed by atoms with E-state index in [0.29, 0.717) is 12.4 Å². The van der Waals surface area contributed by atoms with E-state index in [-0.39, 0.29) is 5.82 Å². The average molecular weight is 310 g/mol. The third-order valence-corrected chi connectivity index (χ3v) is 4.23. The molecule has 3 nitrogen and oxygen atoms in total. The summed E-state index contributed by atoms with van der Waals surface area (Å²) in [6, 6.07) is 4.61. The molecule has 1 aromatic carbocycles. The maximum Gasteiger partial charge on any atom is 0.125 e. The standard InChI is InChI=1S/C14H13ClFN3S/c1-9-17-11(8-20-9)4-5-19-13-6-10(16)2-3-12(13)18-14(19)7-15/h2-3,6,8H,4-5,7H2,1H3. The van der Waals surface area contributed by atoms with Crippen LogP contribution in [0, 0.1) is 12.7 Å². The van der Waals surface area contributed by atoms with E-state index < -0.39 is 0 Å². The monoisotopic (exact) mass is 309 g/mol. The number of thiazole rings is 1. The molecule has 2 aromatic heterocycles. The second kappa shape index (κ2) is 5.50. The lowest BCUT2D eigenvalue weighted by Gasteiger charge is -2.06. The van der Waals surface area contributed by atoms with Crippen LogP contribution in [0.5, 0.6) is 0 Å². The minimum absolute atomic E-state index is 0.260. The number of nitrogens with zero attached hydrogens (tertiary/aromatic N) is 3. The van der Waals surface area contributed by atoms with Gasteiger partial charge in [0.05, 0.1) is 27.6 Å². The molecule has 0 spiro atoms. The summed E-state index contributed by atoms with van der Waals surface area (Å²) in [5, 5.41) is 3.11. The molecule has 0 fully saturated rings. The summed E-state index contributed by atoms with van der Waals surface area (Å²) in [4.78, 5) is 8.88. The smallest absolute Gasteiger partial charge is 0.125 e. The van der Waals surface area contributed by atoms with Gasteiger partial charge >= 0.3 is 0 Å². The molecular formula is C14H13ClFN3S. The molecule has 0 radical (unpaired) electrons. The van der Waals surface area contributed by atoms with E-state index in [1.165, 1.54) is 12.1 Å². The number of halogens is 2. The van der Waals surface area contributed by atoms with E-state index >= 15 is 0 Å². The summed E-state index contributed by atoms with van der Waals surface area (Å²) in [6.07, 6.45) is 0.788. The summed E-state index contributed by atoms with van der Waals surface area (Å²) in [6.45, 7) is 2.69. The SMILES string of the molecule is Cc1nc(CCn2c(CCl)nc3ccc(F)cc32)cs1. The van der Waals surface area contributed by atoms with Crippen LogP contribution < -0.4 is 0 Å². The Morgan fingerprint density at radius 3 is 2.90 bits per heavy atom. The highest BCUT2D eigenvalue weighted by molar-refractivity contribution is 7.09. The molecule has 0 bridgehead atoms. The van der Waals surface area contributed by atoms with Gasteiger partial charge in [0.25, 0.3) is 0 Å². The molecule has 0 aliphatic rings. The van der Waals surface area contributed by atoms with Gasteiger partial charge in [0.1, 0.15) is 11.6 Å². The zero-order valence-electron chi connectivity index (χ0n) is 10.9. The third-order valence-electron chi connectivity index (χ3n) is 3.17. The van der Waals surface area contributed by atoms with Crippen LogP contribution in [-0.2, 0) is 18.8 Å². The number of aryl methyl sites for hydroxylation is 3. The first kappa shape index (κ1) is 13.5. The van der Waals surface area contributed by atoms with Gasteiger partial charge < -0.3 is 4.57 Å². The Balaban J connectivity index is 1.94. The maximum absolute atomic E-state index is 13.4. The van der Waals surface area contributed by atoms with Crippen LogP contribution in [0.2, 0.25) is 0 Å². The minimum Gasteiger partial charge on any atom is -0.326 e. The second-order valence-electron chi connectivity index (χ2n) is 4.55. The normalized spacial score (nSPS) is 11.3. The van der Waals surface area contributed by atoms with Gasteiger partial charge in [-0.2, -0.15) is 0 Å². The van der Waals surface area contributed by atoms with E-state index in [4.69, 9.17) is 11.6 Å². The lowest BCUT2D eigenvalue weighted by molar-refractivity contribution is 0.626. The van der Waals surface area contributed by atoms with Crippen molar-refractivity contribution in [2.75, 3.05) is 0 Å². The van der Waals surface area contributed by atoms with Crippen molar-refractivity contribution in [1.82, 2.24) is 14.5 Å². The number of imidazole rings is 1. The average Bonchev–Trinajstić information content (AvgIpc) is 2.99. The molecule has 0 aliphatic heterocycles. The highest BCUT2D eigenvalue weighted by Gasteiger charge is 2.11. The molecule has 3 rings (SSSR count). The van der Waals surface area contributed by atoms with Crippen LogP contribution in [0.1, 0.15) is 16.5 Å². The van der Waals surface area contributed by atoms with Gasteiger partial charge in [0, 0.05) is 18.3 Å². The van der Waals surface area contributed by atoms with Gasteiger partial charge in [0.2, 0.25) is 0 Å². The van der Waals surface area contributed by atoms with Crippen molar-refractivity contribution in [3.05, 3.63) is 45.9 Å². The first-order chi connectivity index (χ1) is 9.67. The summed E-state index contributed by atoms with van der Waals surface area (Å²) >= 11 is 7.57. The van der Waals surface area contributed by atoms with Gasteiger partial charge in [-0.1, -0.05) is 0 Å². The fraction of sp³-hybridized carbons (Fsp3) is 0.286. The number of alkyl halides is 1. The molecule has 6 heteroatoms. The molecule has 2 heterocycles. The van der Waals surface area contributed by atoms with Crippen molar-refractivity contribution >= 4 is 34.0 Å². The third kappa shape index (κ3) is 2.55. The number of fused-ring (bicyclic) bond motifs is 1. The molecular weight excluding hydrogens is 297 g/mol. The molecule has 0 unspecified atom stereocenters. The van der Waals surface area contributed by atoms with Gasteiger partial charge in [-0.15, -0.1) is 22.9 Å². The number of rotatable bonds is 4. The van der Waals surface area contributed by atoms with Gasteiger partial charge in [-0.25, -0.2) is 14.4 Å². The van der Waals surface area contributed by atoms with Gasteiger partial charge in [-0.3, -0.25) is 0 Å². The van der Waals surface area contributed by atoms with Crippen LogP contribution in [0.15, 0.2) is 23.6 Å². The van der Waals surface area contributed by atoms with Crippen LogP contribution in [-0.4, -0.2) is 14.5 Å². The van der Waals surface area contributed by atoms with Gasteiger partial charge in [0.15, 0.2) is 0 Å².